The molecule has 0 amide bonds. The van der Waals surface area contributed by atoms with Gasteiger partial charge in [-0.15, -0.1) is 0 Å². The number of hydrogen-bond acceptors (Lipinski definition) is 4. The van der Waals surface area contributed by atoms with Crippen molar-refractivity contribution in [2.45, 2.75) is 4.75 Å². The molecule has 5 nitrogen and oxygen atoms in total. The second-order valence-electron chi connectivity index (χ2n) is 6.05. The molecule has 3 aromatic carbocycles. The van der Waals surface area contributed by atoms with Crippen molar-refractivity contribution in [3.8, 4) is 11.5 Å². The van der Waals surface area contributed by atoms with Crippen LogP contribution in [0.25, 0.3) is 0 Å². The van der Waals surface area contributed by atoms with Crippen LogP contribution < -0.4 is 0 Å². The van der Waals surface area contributed by atoms with Crippen LogP contribution in [0.5, 0.6) is 11.5 Å². The molecule has 0 saturated heterocycles. The van der Waals surface area contributed by atoms with E-state index in [0.29, 0.717) is 0 Å². The SMILES string of the molecule is O=S(=O)(O)C(c1ccccc1Cl)(c1ccc(Cl)cc1Cl)c1ccc(Cl)c(O)c1O. The lowest BCUT2D eigenvalue weighted by molar-refractivity contribution is 0.394. The van der Waals surface area contributed by atoms with Crippen LogP contribution in [0.2, 0.25) is 20.1 Å². The monoisotopic (exact) mass is 492 g/mol. The van der Waals surface area contributed by atoms with Crippen LogP contribution in [0.1, 0.15) is 16.7 Å². The fourth-order valence-electron chi connectivity index (χ4n) is 3.21. The molecule has 0 radical (unpaired) electrons. The summed E-state index contributed by atoms with van der Waals surface area (Å²) in [5.41, 5.74) is -0.652. The van der Waals surface area contributed by atoms with Gasteiger partial charge in [0.25, 0.3) is 10.1 Å². The van der Waals surface area contributed by atoms with E-state index >= 15 is 0 Å². The molecule has 152 valence electrons. The van der Waals surface area contributed by atoms with Crippen LogP contribution in [-0.2, 0) is 14.9 Å². The summed E-state index contributed by atoms with van der Waals surface area (Å²) in [6, 6.07) is 12.1. The molecule has 0 spiro atoms. The largest absolute Gasteiger partial charge is 0.504 e. The van der Waals surface area contributed by atoms with E-state index in [-0.39, 0.29) is 31.2 Å². The summed E-state index contributed by atoms with van der Waals surface area (Å²) in [5, 5.41) is 20.6. The lowest BCUT2D eigenvalue weighted by Gasteiger charge is -2.34. The maximum Gasteiger partial charge on any atom is 0.283 e. The maximum absolute atomic E-state index is 13.0. The minimum atomic E-state index is -5.12. The van der Waals surface area contributed by atoms with Gasteiger partial charge < -0.3 is 10.2 Å². The Morgan fingerprint density at radius 1 is 0.690 bits per heavy atom. The van der Waals surface area contributed by atoms with Gasteiger partial charge in [0.1, 0.15) is 0 Å². The minimum Gasteiger partial charge on any atom is -0.504 e. The molecule has 0 bridgehead atoms. The van der Waals surface area contributed by atoms with Gasteiger partial charge in [0.05, 0.1) is 5.02 Å². The quantitative estimate of drug-likeness (QED) is 0.239. The number of rotatable bonds is 4. The standard InChI is InChI=1S/C19H12Cl4O5S/c20-10-5-6-12(16(23)9-10)19(29(26,27)28,11-3-1-2-4-14(11)21)13-7-8-15(22)18(25)17(13)24/h1-9,24-25H,(H,26,27,28). The molecule has 0 aliphatic carbocycles. The highest BCUT2D eigenvalue weighted by atomic mass is 35.5. The second kappa shape index (κ2) is 7.87. The van der Waals surface area contributed by atoms with Gasteiger partial charge in [-0.3, -0.25) is 4.55 Å². The summed E-state index contributed by atoms with van der Waals surface area (Å²) in [4.78, 5) is 0. The van der Waals surface area contributed by atoms with Gasteiger partial charge in [-0.2, -0.15) is 8.42 Å². The third-order valence-electron chi connectivity index (χ3n) is 4.43. The molecule has 10 heteroatoms. The molecule has 29 heavy (non-hydrogen) atoms. The van der Waals surface area contributed by atoms with E-state index in [9.17, 15) is 23.2 Å². The Morgan fingerprint density at radius 3 is 1.86 bits per heavy atom. The highest BCUT2D eigenvalue weighted by Crippen LogP contribution is 2.53. The Bertz CT molecular complexity index is 1210. The van der Waals surface area contributed by atoms with Crippen molar-refractivity contribution < 1.29 is 23.2 Å². The summed E-state index contributed by atoms with van der Waals surface area (Å²) in [7, 11) is -5.12. The number of phenolic OH excluding ortho intramolecular Hbond substituents is 2. The Labute approximate surface area is 186 Å². The van der Waals surface area contributed by atoms with Crippen LogP contribution in [0.3, 0.4) is 0 Å². The van der Waals surface area contributed by atoms with Crippen molar-refractivity contribution in [3.05, 3.63) is 91.4 Å². The third-order valence-corrected chi connectivity index (χ3v) is 7.05. The number of phenols is 2. The van der Waals surface area contributed by atoms with Crippen LogP contribution in [0, 0.1) is 0 Å². The molecule has 3 aromatic rings. The van der Waals surface area contributed by atoms with Crippen molar-refractivity contribution in [1.82, 2.24) is 0 Å². The first-order valence-electron chi connectivity index (χ1n) is 7.90. The van der Waals surface area contributed by atoms with Crippen molar-refractivity contribution in [3.63, 3.8) is 0 Å². The summed E-state index contributed by atoms with van der Waals surface area (Å²) < 4.78 is 33.9. The first-order valence-corrected chi connectivity index (χ1v) is 10.9. The van der Waals surface area contributed by atoms with E-state index in [0.717, 1.165) is 6.07 Å². The Morgan fingerprint density at radius 2 is 1.28 bits per heavy atom. The number of aromatic hydroxyl groups is 2. The minimum absolute atomic E-state index is 0.0371. The molecule has 3 N–H and O–H groups in total. The molecule has 0 fully saturated rings. The predicted octanol–water partition coefficient (Wildman–Crippen LogP) is 5.89. The molecular formula is C19H12Cl4O5S. The van der Waals surface area contributed by atoms with Crippen LogP contribution in [0.15, 0.2) is 54.6 Å². The van der Waals surface area contributed by atoms with Gasteiger partial charge in [0, 0.05) is 31.8 Å². The Kier molecular flexibility index (Phi) is 5.98. The zero-order chi connectivity index (χ0) is 21.6. The zero-order valence-electron chi connectivity index (χ0n) is 14.3. The van der Waals surface area contributed by atoms with Gasteiger partial charge in [-0.25, -0.2) is 0 Å². The maximum atomic E-state index is 13.0. The van der Waals surface area contributed by atoms with Crippen molar-refractivity contribution in [2.75, 3.05) is 0 Å². The fourth-order valence-corrected chi connectivity index (χ4v) is 5.66. The third kappa shape index (κ3) is 3.54. The van der Waals surface area contributed by atoms with Crippen LogP contribution in [0.4, 0.5) is 0 Å². The lowest BCUT2D eigenvalue weighted by atomic mass is 9.83. The predicted molar refractivity (Wildman–Crippen MR) is 114 cm³/mol. The average Bonchev–Trinajstić information content (AvgIpc) is 2.63. The number of hydrogen-bond donors (Lipinski definition) is 3. The molecule has 1 unspecified atom stereocenters. The van der Waals surface area contributed by atoms with E-state index in [4.69, 9.17) is 46.4 Å². The summed E-state index contributed by atoms with van der Waals surface area (Å²) in [5.74, 6) is -1.63. The molecule has 0 saturated carbocycles. The fraction of sp³-hybridized carbons (Fsp3) is 0.0526. The van der Waals surface area contributed by atoms with Crippen molar-refractivity contribution >= 4 is 56.5 Å². The highest BCUT2D eigenvalue weighted by molar-refractivity contribution is 7.87. The molecule has 3 rings (SSSR count). The normalized spacial score (nSPS) is 13.8. The van der Waals surface area contributed by atoms with Gasteiger partial charge in [0.2, 0.25) is 0 Å². The van der Waals surface area contributed by atoms with Crippen molar-refractivity contribution in [1.29, 1.82) is 0 Å². The first kappa shape index (κ1) is 22.0. The first-order chi connectivity index (χ1) is 13.5. The number of halogens is 4. The van der Waals surface area contributed by atoms with E-state index in [1.165, 1.54) is 42.5 Å². The Balaban J connectivity index is 2.63. The second-order valence-corrected chi connectivity index (χ2v) is 9.27. The smallest absolute Gasteiger partial charge is 0.283 e. The summed E-state index contributed by atoms with van der Waals surface area (Å²) in [6.07, 6.45) is 0. The van der Waals surface area contributed by atoms with E-state index < -0.39 is 31.9 Å². The van der Waals surface area contributed by atoms with Crippen LogP contribution in [-0.4, -0.2) is 23.2 Å². The molecule has 0 heterocycles. The van der Waals surface area contributed by atoms with Gasteiger partial charge in [-0.1, -0.05) is 76.7 Å². The average molecular weight is 494 g/mol. The van der Waals surface area contributed by atoms with E-state index in [2.05, 4.69) is 0 Å². The molecular weight excluding hydrogens is 482 g/mol. The Hall–Kier alpha value is -1.67. The van der Waals surface area contributed by atoms with Crippen LogP contribution >= 0.6 is 46.4 Å². The molecule has 0 aromatic heterocycles. The summed E-state index contributed by atoms with van der Waals surface area (Å²) >= 11 is 24.4. The molecule has 1 atom stereocenters. The van der Waals surface area contributed by atoms with Gasteiger partial charge >= 0.3 is 0 Å². The lowest BCUT2D eigenvalue weighted by Crippen LogP contribution is -2.39. The van der Waals surface area contributed by atoms with E-state index in [1.807, 2.05) is 0 Å². The summed E-state index contributed by atoms with van der Waals surface area (Å²) in [6.45, 7) is 0. The molecule has 0 aliphatic rings. The molecule has 0 aliphatic heterocycles. The number of benzene rings is 3. The van der Waals surface area contributed by atoms with Crippen molar-refractivity contribution in [2.24, 2.45) is 0 Å². The highest BCUT2D eigenvalue weighted by Gasteiger charge is 2.52. The topological polar surface area (TPSA) is 94.8 Å². The van der Waals surface area contributed by atoms with Gasteiger partial charge in [-0.05, 0) is 24.3 Å². The van der Waals surface area contributed by atoms with E-state index in [1.54, 1.807) is 6.07 Å². The van der Waals surface area contributed by atoms with Gasteiger partial charge in [0.15, 0.2) is 16.2 Å². The zero-order valence-corrected chi connectivity index (χ0v) is 18.1.